The van der Waals surface area contributed by atoms with Crippen LogP contribution >= 0.6 is 0 Å². The third-order valence-corrected chi connectivity index (χ3v) is 2.70. The molecule has 6 heteroatoms. The molecule has 0 bridgehead atoms. The van der Waals surface area contributed by atoms with Crippen LogP contribution in [0.3, 0.4) is 0 Å². The number of hydrogen-bond acceptors (Lipinski definition) is 3. The highest BCUT2D eigenvalue weighted by atomic mass is 19.1. The lowest BCUT2D eigenvalue weighted by Crippen LogP contribution is -2.38. The van der Waals surface area contributed by atoms with Gasteiger partial charge in [0.15, 0.2) is 0 Å². The topological polar surface area (TPSA) is 83.6 Å². The maximum atomic E-state index is 13.3. The van der Waals surface area contributed by atoms with Crippen molar-refractivity contribution in [2.45, 2.75) is 26.3 Å². The summed E-state index contributed by atoms with van der Waals surface area (Å²) in [5.41, 5.74) is 5.47. The number of carbonyl (C=O) groups is 2. The first-order valence-electron chi connectivity index (χ1n) is 5.90. The highest BCUT2D eigenvalue weighted by molar-refractivity contribution is 5.95. The van der Waals surface area contributed by atoms with Gasteiger partial charge < -0.3 is 15.7 Å². The molecule has 1 rings (SSSR count). The Morgan fingerprint density at radius 1 is 1.42 bits per heavy atom. The number of nitrogens with zero attached hydrogens (tertiary/aromatic N) is 1. The van der Waals surface area contributed by atoms with Crippen molar-refractivity contribution in [3.8, 4) is 0 Å². The molecule has 0 heterocycles. The molecule has 19 heavy (non-hydrogen) atoms. The lowest BCUT2D eigenvalue weighted by molar-refractivity contribution is -0.137. The van der Waals surface area contributed by atoms with E-state index in [1.54, 1.807) is 13.8 Å². The van der Waals surface area contributed by atoms with Crippen LogP contribution in [-0.4, -0.2) is 34.5 Å². The zero-order valence-electron chi connectivity index (χ0n) is 10.9. The molecule has 0 radical (unpaired) electrons. The normalized spacial score (nSPS) is 10.5. The summed E-state index contributed by atoms with van der Waals surface area (Å²) in [5.74, 6) is -2.05. The van der Waals surface area contributed by atoms with Crippen molar-refractivity contribution in [2.24, 2.45) is 0 Å². The molecule has 0 saturated heterocycles. The summed E-state index contributed by atoms with van der Waals surface area (Å²) in [6, 6.07) is 3.63. The maximum absolute atomic E-state index is 13.3. The molecule has 0 saturated carbocycles. The average molecular weight is 268 g/mol. The monoisotopic (exact) mass is 268 g/mol. The predicted molar refractivity (Wildman–Crippen MR) is 69.2 cm³/mol. The van der Waals surface area contributed by atoms with Gasteiger partial charge in [0, 0.05) is 18.2 Å². The van der Waals surface area contributed by atoms with Gasteiger partial charge in [0.05, 0.1) is 12.1 Å². The molecule has 3 N–H and O–H groups in total. The van der Waals surface area contributed by atoms with E-state index in [0.29, 0.717) is 0 Å². The molecule has 5 nitrogen and oxygen atoms in total. The number of nitrogen functional groups attached to an aromatic ring is 1. The predicted octanol–water partition coefficient (Wildman–Crippen LogP) is 1.73. The molecule has 1 aromatic rings. The number of carboxylic acids is 1. The van der Waals surface area contributed by atoms with E-state index in [4.69, 9.17) is 10.8 Å². The number of carbonyl (C=O) groups excluding carboxylic acids is 1. The third kappa shape index (κ3) is 3.94. The Labute approximate surface area is 110 Å². The van der Waals surface area contributed by atoms with Gasteiger partial charge in [-0.15, -0.1) is 0 Å². The van der Waals surface area contributed by atoms with E-state index in [1.165, 1.54) is 17.0 Å². The van der Waals surface area contributed by atoms with Crippen LogP contribution < -0.4 is 5.73 Å². The largest absolute Gasteiger partial charge is 0.481 e. The van der Waals surface area contributed by atoms with Gasteiger partial charge in [-0.05, 0) is 32.0 Å². The van der Waals surface area contributed by atoms with Gasteiger partial charge >= 0.3 is 5.97 Å². The van der Waals surface area contributed by atoms with E-state index >= 15 is 0 Å². The van der Waals surface area contributed by atoms with Crippen LogP contribution in [0.5, 0.6) is 0 Å². The number of benzene rings is 1. The van der Waals surface area contributed by atoms with Gasteiger partial charge in [0.25, 0.3) is 5.91 Å². The minimum absolute atomic E-state index is 0.0295. The summed E-state index contributed by atoms with van der Waals surface area (Å²) in [5, 5.41) is 8.66. The van der Waals surface area contributed by atoms with Crippen molar-refractivity contribution in [1.82, 2.24) is 4.90 Å². The van der Waals surface area contributed by atoms with Gasteiger partial charge in [0.2, 0.25) is 0 Å². The Morgan fingerprint density at radius 2 is 2.05 bits per heavy atom. The van der Waals surface area contributed by atoms with Gasteiger partial charge in [-0.1, -0.05) is 0 Å². The average Bonchev–Trinajstić information content (AvgIpc) is 2.31. The molecule has 1 aromatic carbocycles. The fourth-order valence-corrected chi connectivity index (χ4v) is 1.64. The van der Waals surface area contributed by atoms with Crippen LogP contribution in [0.2, 0.25) is 0 Å². The third-order valence-electron chi connectivity index (χ3n) is 2.70. The Balaban J connectivity index is 2.92. The van der Waals surface area contributed by atoms with Gasteiger partial charge in [-0.25, -0.2) is 4.39 Å². The smallest absolute Gasteiger partial charge is 0.305 e. The number of anilines is 1. The fraction of sp³-hybridized carbons (Fsp3) is 0.385. The molecule has 104 valence electrons. The number of amides is 1. The van der Waals surface area contributed by atoms with E-state index in [9.17, 15) is 14.0 Å². The van der Waals surface area contributed by atoms with E-state index in [0.717, 1.165) is 6.07 Å². The molecule has 0 aliphatic carbocycles. The molecule has 1 amide bonds. The summed E-state index contributed by atoms with van der Waals surface area (Å²) in [4.78, 5) is 24.1. The second kappa shape index (κ2) is 6.17. The second-order valence-corrected chi connectivity index (χ2v) is 4.47. The SMILES string of the molecule is CC(C)N(CCC(=O)O)C(=O)c1ccc(N)c(F)c1. The zero-order chi connectivity index (χ0) is 14.6. The van der Waals surface area contributed by atoms with Crippen LogP contribution in [0.25, 0.3) is 0 Å². The van der Waals surface area contributed by atoms with Crippen LogP contribution in [-0.2, 0) is 4.79 Å². The van der Waals surface area contributed by atoms with Crippen molar-refractivity contribution in [3.05, 3.63) is 29.6 Å². The zero-order valence-corrected chi connectivity index (χ0v) is 10.9. The number of nitrogens with two attached hydrogens (primary N) is 1. The van der Waals surface area contributed by atoms with Gasteiger partial charge in [-0.2, -0.15) is 0 Å². The van der Waals surface area contributed by atoms with Crippen LogP contribution in [0.4, 0.5) is 10.1 Å². The second-order valence-electron chi connectivity index (χ2n) is 4.47. The Hall–Kier alpha value is -2.11. The van der Waals surface area contributed by atoms with E-state index in [1.807, 2.05) is 0 Å². The quantitative estimate of drug-likeness (QED) is 0.797. The number of carboxylic acid groups (broad SMARTS) is 1. The molecule has 0 unspecified atom stereocenters. The minimum atomic E-state index is -0.984. The molecule has 0 atom stereocenters. The standard InChI is InChI=1S/C13H17FN2O3/c1-8(2)16(6-5-12(17)18)13(19)9-3-4-11(15)10(14)7-9/h3-4,7-8H,5-6,15H2,1-2H3,(H,17,18). The summed E-state index contributed by atoms with van der Waals surface area (Å²) in [6.45, 7) is 3.62. The Bertz CT molecular complexity index is 489. The Morgan fingerprint density at radius 3 is 2.53 bits per heavy atom. The highest BCUT2D eigenvalue weighted by Crippen LogP contribution is 2.15. The number of aliphatic carboxylic acids is 1. The maximum Gasteiger partial charge on any atom is 0.305 e. The Kier molecular flexibility index (Phi) is 4.86. The first-order valence-corrected chi connectivity index (χ1v) is 5.90. The first-order chi connectivity index (χ1) is 8.82. The molecule has 0 aliphatic rings. The molecule has 0 fully saturated rings. The van der Waals surface area contributed by atoms with Gasteiger partial charge in [0.1, 0.15) is 5.82 Å². The molecule has 0 aliphatic heterocycles. The van der Waals surface area contributed by atoms with Crippen LogP contribution in [0.15, 0.2) is 18.2 Å². The van der Waals surface area contributed by atoms with E-state index in [-0.39, 0.29) is 30.3 Å². The minimum Gasteiger partial charge on any atom is -0.481 e. The van der Waals surface area contributed by atoms with Crippen LogP contribution in [0, 0.1) is 5.82 Å². The van der Waals surface area contributed by atoms with Crippen LogP contribution in [0.1, 0.15) is 30.6 Å². The molecular formula is C13H17FN2O3. The number of rotatable bonds is 5. The van der Waals surface area contributed by atoms with Crippen molar-refractivity contribution < 1.29 is 19.1 Å². The first kappa shape index (κ1) is 14.9. The van der Waals surface area contributed by atoms with E-state index < -0.39 is 17.7 Å². The molecular weight excluding hydrogens is 251 g/mol. The number of hydrogen-bond donors (Lipinski definition) is 2. The van der Waals surface area contributed by atoms with E-state index in [2.05, 4.69) is 0 Å². The van der Waals surface area contributed by atoms with Crippen molar-refractivity contribution in [2.75, 3.05) is 12.3 Å². The van der Waals surface area contributed by atoms with Crippen molar-refractivity contribution in [1.29, 1.82) is 0 Å². The van der Waals surface area contributed by atoms with Gasteiger partial charge in [-0.3, -0.25) is 9.59 Å². The summed E-state index contributed by atoms with van der Waals surface area (Å²) >= 11 is 0. The number of halogens is 1. The van der Waals surface area contributed by atoms with Crippen molar-refractivity contribution >= 4 is 17.6 Å². The summed E-state index contributed by atoms with van der Waals surface area (Å²) in [7, 11) is 0. The molecule has 0 spiro atoms. The molecule has 0 aromatic heterocycles. The summed E-state index contributed by atoms with van der Waals surface area (Å²) in [6.07, 6.45) is -0.151. The fourth-order valence-electron chi connectivity index (χ4n) is 1.64. The van der Waals surface area contributed by atoms with Crippen molar-refractivity contribution in [3.63, 3.8) is 0 Å². The lowest BCUT2D eigenvalue weighted by Gasteiger charge is -2.26. The lowest BCUT2D eigenvalue weighted by atomic mass is 10.1. The summed E-state index contributed by atoms with van der Waals surface area (Å²) < 4.78 is 13.3. The highest BCUT2D eigenvalue weighted by Gasteiger charge is 2.20.